The Balaban J connectivity index is 1.62. The monoisotopic (exact) mass is 331 g/mol. The standard InChI is InChI=1S/C15H14FN5OS/c16-12-4-2-1-3-11(12)10-21-13(5-6-19-21)20-15(22)18-9-14-17-7-8-23-14/h1-8H,9-10H2,(H2,18,20,22). The minimum atomic E-state index is -0.365. The van der Waals surface area contributed by atoms with Crippen molar-refractivity contribution in [3.05, 3.63) is 64.5 Å². The number of halogens is 1. The zero-order valence-electron chi connectivity index (χ0n) is 12.1. The van der Waals surface area contributed by atoms with Crippen LogP contribution in [0.1, 0.15) is 10.6 Å². The summed E-state index contributed by atoms with van der Waals surface area (Å²) in [6, 6.07) is 7.76. The van der Waals surface area contributed by atoms with Gasteiger partial charge < -0.3 is 5.32 Å². The lowest BCUT2D eigenvalue weighted by atomic mass is 10.2. The van der Waals surface area contributed by atoms with Crippen molar-refractivity contribution in [2.45, 2.75) is 13.1 Å². The number of thiazole rings is 1. The van der Waals surface area contributed by atoms with Crippen LogP contribution in [0.3, 0.4) is 0 Å². The van der Waals surface area contributed by atoms with Gasteiger partial charge in [-0.2, -0.15) is 5.10 Å². The van der Waals surface area contributed by atoms with Gasteiger partial charge in [-0.25, -0.2) is 18.9 Å². The first-order valence-electron chi connectivity index (χ1n) is 6.91. The number of carbonyl (C=O) groups is 1. The summed E-state index contributed by atoms with van der Waals surface area (Å²) in [5.74, 6) is 0.187. The Kier molecular flexibility index (Phi) is 4.62. The summed E-state index contributed by atoms with van der Waals surface area (Å²) in [5, 5.41) is 12.2. The summed E-state index contributed by atoms with van der Waals surface area (Å²) >= 11 is 1.47. The maximum absolute atomic E-state index is 13.7. The molecule has 0 aliphatic heterocycles. The van der Waals surface area contributed by atoms with E-state index in [4.69, 9.17) is 0 Å². The van der Waals surface area contributed by atoms with E-state index < -0.39 is 0 Å². The van der Waals surface area contributed by atoms with Crippen molar-refractivity contribution in [1.29, 1.82) is 0 Å². The highest BCUT2D eigenvalue weighted by Gasteiger charge is 2.09. The van der Waals surface area contributed by atoms with E-state index in [1.165, 1.54) is 22.1 Å². The third-order valence-electron chi connectivity index (χ3n) is 3.12. The van der Waals surface area contributed by atoms with E-state index in [2.05, 4.69) is 20.7 Å². The SMILES string of the molecule is O=C(NCc1nccs1)Nc1ccnn1Cc1ccccc1F. The van der Waals surface area contributed by atoms with E-state index in [1.807, 2.05) is 5.38 Å². The molecule has 3 rings (SSSR count). The van der Waals surface area contributed by atoms with Gasteiger partial charge in [-0.05, 0) is 6.07 Å². The van der Waals surface area contributed by atoms with Crippen molar-refractivity contribution < 1.29 is 9.18 Å². The highest BCUT2D eigenvalue weighted by molar-refractivity contribution is 7.09. The number of urea groups is 1. The molecule has 0 fully saturated rings. The lowest BCUT2D eigenvalue weighted by Gasteiger charge is -2.10. The normalized spacial score (nSPS) is 10.5. The topological polar surface area (TPSA) is 71.8 Å². The van der Waals surface area contributed by atoms with E-state index in [1.54, 1.807) is 36.7 Å². The predicted octanol–water partition coefficient (Wildman–Crippen LogP) is 2.85. The average molecular weight is 331 g/mol. The summed E-state index contributed by atoms with van der Waals surface area (Å²) in [5.41, 5.74) is 0.502. The van der Waals surface area contributed by atoms with Crippen molar-refractivity contribution >= 4 is 23.2 Å². The Labute approximate surface area is 136 Å². The molecule has 1 aromatic carbocycles. The van der Waals surface area contributed by atoms with Crippen LogP contribution in [0.25, 0.3) is 0 Å². The van der Waals surface area contributed by atoms with Gasteiger partial charge in [0, 0.05) is 23.2 Å². The van der Waals surface area contributed by atoms with Gasteiger partial charge in [-0.15, -0.1) is 11.3 Å². The van der Waals surface area contributed by atoms with Crippen LogP contribution >= 0.6 is 11.3 Å². The van der Waals surface area contributed by atoms with Gasteiger partial charge in [-0.1, -0.05) is 18.2 Å². The summed E-state index contributed by atoms with van der Waals surface area (Å²) in [7, 11) is 0. The molecule has 0 saturated carbocycles. The Morgan fingerprint density at radius 3 is 2.91 bits per heavy atom. The van der Waals surface area contributed by atoms with E-state index in [0.717, 1.165) is 5.01 Å². The third-order valence-corrected chi connectivity index (χ3v) is 3.90. The molecule has 6 nitrogen and oxygen atoms in total. The lowest BCUT2D eigenvalue weighted by Crippen LogP contribution is -2.29. The number of hydrogen-bond donors (Lipinski definition) is 2. The average Bonchev–Trinajstić information content (AvgIpc) is 3.20. The number of benzene rings is 1. The van der Waals surface area contributed by atoms with Crippen LogP contribution in [0.5, 0.6) is 0 Å². The molecule has 0 aliphatic rings. The fourth-order valence-corrected chi connectivity index (χ4v) is 2.57. The molecule has 2 aromatic heterocycles. The van der Waals surface area contributed by atoms with Crippen molar-refractivity contribution in [2.24, 2.45) is 0 Å². The van der Waals surface area contributed by atoms with Gasteiger partial charge in [0.15, 0.2) is 0 Å². The summed E-state index contributed by atoms with van der Waals surface area (Å²) in [4.78, 5) is 16.0. The van der Waals surface area contributed by atoms with Gasteiger partial charge in [0.05, 0.1) is 19.3 Å². The molecule has 0 bridgehead atoms. The van der Waals surface area contributed by atoms with Crippen LogP contribution in [0.4, 0.5) is 15.0 Å². The zero-order valence-corrected chi connectivity index (χ0v) is 12.9. The third kappa shape index (κ3) is 3.92. The van der Waals surface area contributed by atoms with Crippen LogP contribution < -0.4 is 10.6 Å². The Hall–Kier alpha value is -2.74. The molecule has 23 heavy (non-hydrogen) atoms. The lowest BCUT2D eigenvalue weighted by molar-refractivity contribution is 0.251. The largest absolute Gasteiger partial charge is 0.331 e. The number of carbonyl (C=O) groups excluding carboxylic acids is 1. The number of rotatable bonds is 5. The number of nitrogens with one attached hydrogen (secondary N) is 2. The second-order valence-corrected chi connectivity index (χ2v) is 5.68. The molecule has 0 spiro atoms. The Bertz CT molecular complexity index is 787. The first kappa shape index (κ1) is 15.2. The molecule has 2 N–H and O–H groups in total. The summed E-state index contributed by atoms with van der Waals surface area (Å²) in [6.07, 6.45) is 3.24. The van der Waals surface area contributed by atoms with Crippen molar-refractivity contribution in [1.82, 2.24) is 20.1 Å². The molecule has 0 aliphatic carbocycles. The molecule has 0 radical (unpaired) electrons. The highest BCUT2D eigenvalue weighted by Crippen LogP contribution is 2.13. The molecule has 2 amide bonds. The van der Waals surface area contributed by atoms with Crippen molar-refractivity contribution in [2.75, 3.05) is 5.32 Å². The predicted molar refractivity (Wildman–Crippen MR) is 85.7 cm³/mol. The van der Waals surface area contributed by atoms with Gasteiger partial charge >= 0.3 is 6.03 Å². The number of hydrogen-bond acceptors (Lipinski definition) is 4. The zero-order chi connectivity index (χ0) is 16.1. The van der Waals surface area contributed by atoms with Gasteiger partial charge in [0.1, 0.15) is 16.6 Å². The Morgan fingerprint density at radius 2 is 2.13 bits per heavy atom. The minimum Gasteiger partial charge on any atom is -0.331 e. The smallest absolute Gasteiger partial charge is 0.320 e. The van der Waals surface area contributed by atoms with Crippen molar-refractivity contribution in [3.8, 4) is 0 Å². The summed E-state index contributed by atoms with van der Waals surface area (Å²) in [6.45, 7) is 0.590. The molecular formula is C15H14FN5OS. The summed E-state index contributed by atoms with van der Waals surface area (Å²) < 4.78 is 15.2. The maximum atomic E-state index is 13.7. The quantitative estimate of drug-likeness (QED) is 0.755. The molecule has 118 valence electrons. The number of nitrogens with zero attached hydrogens (tertiary/aromatic N) is 3. The molecular weight excluding hydrogens is 317 g/mol. The van der Waals surface area contributed by atoms with E-state index in [-0.39, 0.29) is 18.4 Å². The number of amides is 2. The molecule has 8 heteroatoms. The van der Waals surface area contributed by atoms with Gasteiger partial charge in [-0.3, -0.25) is 5.32 Å². The second kappa shape index (κ2) is 7.01. The first-order chi connectivity index (χ1) is 11.2. The van der Waals surface area contributed by atoms with Crippen LogP contribution in [0.2, 0.25) is 0 Å². The second-order valence-electron chi connectivity index (χ2n) is 4.70. The Morgan fingerprint density at radius 1 is 1.26 bits per heavy atom. The molecule has 3 aromatic rings. The van der Waals surface area contributed by atoms with Gasteiger partial charge in [0.25, 0.3) is 0 Å². The molecule has 0 atom stereocenters. The first-order valence-corrected chi connectivity index (χ1v) is 7.79. The molecule has 0 saturated heterocycles. The fourth-order valence-electron chi connectivity index (χ4n) is 2.01. The maximum Gasteiger partial charge on any atom is 0.320 e. The van der Waals surface area contributed by atoms with E-state index in [0.29, 0.717) is 17.9 Å². The van der Waals surface area contributed by atoms with E-state index >= 15 is 0 Å². The van der Waals surface area contributed by atoms with E-state index in [9.17, 15) is 9.18 Å². The number of anilines is 1. The van der Waals surface area contributed by atoms with Crippen LogP contribution in [-0.4, -0.2) is 20.8 Å². The van der Waals surface area contributed by atoms with Crippen LogP contribution in [0, 0.1) is 5.82 Å². The molecule has 2 heterocycles. The van der Waals surface area contributed by atoms with Crippen LogP contribution in [-0.2, 0) is 13.1 Å². The number of aromatic nitrogens is 3. The highest BCUT2D eigenvalue weighted by atomic mass is 32.1. The fraction of sp³-hybridized carbons (Fsp3) is 0.133. The minimum absolute atomic E-state index is 0.238. The van der Waals surface area contributed by atoms with Gasteiger partial charge in [0.2, 0.25) is 0 Å². The molecule has 0 unspecified atom stereocenters. The van der Waals surface area contributed by atoms with Crippen LogP contribution in [0.15, 0.2) is 48.1 Å². The van der Waals surface area contributed by atoms with Crippen molar-refractivity contribution in [3.63, 3.8) is 0 Å².